The Morgan fingerprint density at radius 2 is 1.75 bits per heavy atom. The van der Waals surface area contributed by atoms with Crippen LogP contribution in [0.3, 0.4) is 0 Å². The molecule has 1 aromatic rings. The maximum Gasteiger partial charge on any atom is 0.498 e. The Kier molecular flexibility index (Phi) is 4.91. The molecule has 0 N–H and O–H groups in total. The zero-order valence-electron chi connectivity index (χ0n) is 14.9. The lowest BCUT2D eigenvalue weighted by Crippen LogP contribution is -2.41. The number of halogens is 1. The first-order valence-corrected chi connectivity index (χ1v) is 8.64. The topological polar surface area (TPSA) is 36.9 Å². The lowest BCUT2D eigenvalue weighted by molar-refractivity contribution is 0.00578. The number of rotatable bonds is 4. The molecule has 0 radical (unpaired) electrons. The van der Waals surface area contributed by atoms with Crippen LogP contribution in [0.2, 0.25) is 0 Å². The molecular weight excluding hydrogens is 310 g/mol. The second-order valence-corrected chi connectivity index (χ2v) is 7.64. The van der Waals surface area contributed by atoms with Crippen LogP contribution in [0.4, 0.5) is 4.39 Å². The average molecular weight is 336 g/mol. The quantitative estimate of drug-likeness (QED) is 0.793. The van der Waals surface area contributed by atoms with Crippen molar-refractivity contribution in [3.63, 3.8) is 0 Å². The van der Waals surface area contributed by atoms with Gasteiger partial charge in [-0.05, 0) is 64.7 Å². The second-order valence-electron chi connectivity index (χ2n) is 7.64. The smallest absolute Gasteiger partial charge is 0.494 e. The Bertz CT molecular complexity index is 568. The molecule has 0 saturated carbocycles. The first kappa shape index (κ1) is 17.7. The van der Waals surface area contributed by atoms with Gasteiger partial charge in [-0.15, -0.1) is 0 Å². The maximum absolute atomic E-state index is 13.8. The molecule has 0 spiro atoms. The lowest BCUT2D eigenvalue weighted by Gasteiger charge is -2.32. The van der Waals surface area contributed by atoms with Crippen molar-refractivity contribution in [2.75, 3.05) is 19.8 Å². The summed E-state index contributed by atoms with van der Waals surface area (Å²) in [7, 11) is -0.629. The highest BCUT2D eigenvalue weighted by Gasteiger charge is 2.52. The van der Waals surface area contributed by atoms with Crippen molar-refractivity contribution in [2.24, 2.45) is 5.92 Å². The van der Waals surface area contributed by atoms with E-state index in [9.17, 15) is 4.39 Å². The highest BCUT2D eigenvalue weighted by molar-refractivity contribution is 6.63. The maximum atomic E-state index is 13.8. The van der Waals surface area contributed by atoms with Crippen LogP contribution in [-0.2, 0) is 14.0 Å². The van der Waals surface area contributed by atoms with E-state index < -0.39 is 18.3 Å². The first-order valence-electron chi connectivity index (χ1n) is 8.64. The highest BCUT2D eigenvalue weighted by Crippen LogP contribution is 2.37. The minimum absolute atomic E-state index is 0.321. The Labute approximate surface area is 143 Å². The number of hydrogen-bond acceptors (Lipinski definition) is 4. The van der Waals surface area contributed by atoms with Gasteiger partial charge in [0.25, 0.3) is 0 Å². The predicted molar refractivity (Wildman–Crippen MR) is 91.2 cm³/mol. The standard InChI is InChI=1S/C18H26BFO4/c1-17(2)18(3,4)24-19(23-17)15-11-14(20)5-6-16(15)22-12-13-7-9-21-10-8-13/h5-6,11,13H,7-10,12H2,1-4H3. The van der Waals surface area contributed by atoms with E-state index in [4.69, 9.17) is 18.8 Å². The molecule has 0 aromatic heterocycles. The molecule has 132 valence electrons. The molecule has 6 heteroatoms. The Balaban J connectivity index is 1.76. The van der Waals surface area contributed by atoms with Gasteiger partial charge in [0, 0.05) is 18.7 Å². The van der Waals surface area contributed by atoms with Crippen molar-refractivity contribution in [1.82, 2.24) is 0 Å². The van der Waals surface area contributed by atoms with Crippen LogP contribution in [0.5, 0.6) is 5.75 Å². The molecule has 2 aliphatic heterocycles. The Morgan fingerprint density at radius 3 is 2.38 bits per heavy atom. The molecule has 0 atom stereocenters. The van der Waals surface area contributed by atoms with E-state index in [1.54, 1.807) is 6.07 Å². The molecule has 0 bridgehead atoms. The molecule has 2 fully saturated rings. The van der Waals surface area contributed by atoms with Crippen molar-refractivity contribution < 1.29 is 23.2 Å². The molecule has 0 amide bonds. The molecule has 0 aliphatic carbocycles. The lowest BCUT2D eigenvalue weighted by atomic mass is 9.78. The Hall–Kier alpha value is -1.11. The molecule has 3 rings (SSSR count). The van der Waals surface area contributed by atoms with Gasteiger partial charge in [-0.1, -0.05) is 0 Å². The van der Waals surface area contributed by atoms with Crippen LogP contribution in [0, 0.1) is 11.7 Å². The molecule has 2 saturated heterocycles. The SMILES string of the molecule is CC1(C)OB(c2cc(F)ccc2OCC2CCOCC2)OC1(C)C. The summed E-state index contributed by atoms with van der Waals surface area (Å²) >= 11 is 0. The van der Waals surface area contributed by atoms with E-state index >= 15 is 0 Å². The fraction of sp³-hybridized carbons (Fsp3) is 0.667. The summed E-state index contributed by atoms with van der Waals surface area (Å²) in [5.74, 6) is 0.773. The largest absolute Gasteiger partial charge is 0.498 e. The summed E-state index contributed by atoms with van der Waals surface area (Å²) in [5.41, 5.74) is -0.329. The molecular formula is C18H26BFO4. The second kappa shape index (κ2) is 6.66. The molecule has 0 unspecified atom stereocenters. The fourth-order valence-corrected chi connectivity index (χ4v) is 2.93. The molecule has 2 heterocycles. The van der Waals surface area contributed by atoms with Gasteiger partial charge < -0.3 is 18.8 Å². The summed E-state index contributed by atoms with van der Waals surface area (Å²) < 4.78 is 37.3. The summed E-state index contributed by atoms with van der Waals surface area (Å²) in [6.07, 6.45) is 1.99. The molecule has 24 heavy (non-hydrogen) atoms. The van der Waals surface area contributed by atoms with Crippen molar-refractivity contribution in [2.45, 2.75) is 51.7 Å². The molecule has 2 aliphatic rings. The van der Waals surface area contributed by atoms with E-state index in [-0.39, 0.29) is 5.82 Å². The zero-order valence-corrected chi connectivity index (χ0v) is 14.9. The fourth-order valence-electron chi connectivity index (χ4n) is 2.93. The molecule has 4 nitrogen and oxygen atoms in total. The van der Waals surface area contributed by atoms with E-state index in [1.165, 1.54) is 12.1 Å². The zero-order chi connectivity index (χ0) is 17.4. The predicted octanol–water partition coefficient (Wildman–Crippen LogP) is 2.93. The van der Waals surface area contributed by atoms with Crippen LogP contribution in [-0.4, -0.2) is 38.1 Å². The van der Waals surface area contributed by atoms with E-state index in [0.717, 1.165) is 26.1 Å². The minimum Gasteiger partial charge on any atom is -0.494 e. The van der Waals surface area contributed by atoms with Gasteiger partial charge in [-0.2, -0.15) is 0 Å². The normalized spacial score (nSPS) is 23.5. The number of hydrogen-bond donors (Lipinski definition) is 0. The van der Waals surface area contributed by atoms with Crippen molar-refractivity contribution in [3.05, 3.63) is 24.0 Å². The summed E-state index contributed by atoms with van der Waals surface area (Å²) in [5, 5.41) is 0. The Morgan fingerprint density at radius 1 is 1.12 bits per heavy atom. The first-order chi connectivity index (χ1) is 11.3. The van der Waals surface area contributed by atoms with Crippen LogP contribution in [0.25, 0.3) is 0 Å². The monoisotopic (exact) mass is 336 g/mol. The van der Waals surface area contributed by atoms with Crippen LogP contribution >= 0.6 is 0 Å². The third-order valence-corrected chi connectivity index (χ3v) is 5.29. The summed E-state index contributed by atoms with van der Waals surface area (Å²) in [4.78, 5) is 0. The average Bonchev–Trinajstić information content (AvgIpc) is 2.75. The summed E-state index contributed by atoms with van der Waals surface area (Å²) in [6.45, 7) is 10.1. The van der Waals surface area contributed by atoms with Gasteiger partial charge in [0.1, 0.15) is 11.6 Å². The van der Waals surface area contributed by atoms with E-state index in [1.807, 2.05) is 27.7 Å². The van der Waals surface area contributed by atoms with Gasteiger partial charge in [-0.25, -0.2) is 4.39 Å². The van der Waals surface area contributed by atoms with E-state index in [0.29, 0.717) is 23.7 Å². The van der Waals surface area contributed by atoms with Gasteiger partial charge >= 0.3 is 7.12 Å². The van der Waals surface area contributed by atoms with E-state index in [2.05, 4.69) is 0 Å². The summed E-state index contributed by atoms with van der Waals surface area (Å²) in [6, 6.07) is 4.52. The third kappa shape index (κ3) is 3.61. The van der Waals surface area contributed by atoms with Crippen LogP contribution in [0.1, 0.15) is 40.5 Å². The van der Waals surface area contributed by atoms with Crippen molar-refractivity contribution >= 4 is 12.6 Å². The van der Waals surface area contributed by atoms with Crippen molar-refractivity contribution in [3.8, 4) is 5.75 Å². The van der Waals surface area contributed by atoms with Gasteiger partial charge in [-0.3, -0.25) is 0 Å². The van der Waals surface area contributed by atoms with Crippen molar-refractivity contribution in [1.29, 1.82) is 0 Å². The van der Waals surface area contributed by atoms with Crippen LogP contribution < -0.4 is 10.2 Å². The van der Waals surface area contributed by atoms with Gasteiger partial charge in [0.05, 0.1) is 17.8 Å². The third-order valence-electron chi connectivity index (χ3n) is 5.29. The number of benzene rings is 1. The molecule has 1 aromatic carbocycles. The number of ether oxygens (including phenoxy) is 2. The van der Waals surface area contributed by atoms with Crippen LogP contribution in [0.15, 0.2) is 18.2 Å². The highest BCUT2D eigenvalue weighted by atomic mass is 19.1. The van der Waals surface area contributed by atoms with Gasteiger partial charge in [0.2, 0.25) is 0 Å². The van der Waals surface area contributed by atoms with Gasteiger partial charge in [0.15, 0.2) is 0 Å². The minimum atomic E-state index is -0.629.